The molecule has 4 atom stereocenters. The summed E-state index contributed by atoms with van der Waals surface area (Å²) in [7, 11) is 2.16. The molecule has 2 fully saturated rings. The SMILES string of the molecule is CC1CCCC(C(=O)NC2CCN(C)C(C)C2)N1. The van der Waals surface area contributed by atoms with Crippen LogP contribution in [0.2, 0.25) is 0 Å². The highest BCUT2D eigenvalue weighted by molar-refractivity contribution is 5.82. The molecule has 2 aliphatic heterocycles. The standard InChI is InChI=1S/C14H27N3O/c1-10-5-4-6-13(15-10)14(18)16-12-7-8-17(3)11(2)9-12/h10-13,15H,4-9H2,1-3H3,(H,16,18). The van der Waals surface area contributed by atoms with Crippen molar-refractivity contribution in [2.24, 2.45) is 0 Å². The molecule has 2 rings (SSSR count). The summed E-state index contributed by atoms with van der Waals surface area (Å²) < 4.78 is 0. The molecule has 104 valence electrons. The van der Waals surface area contributed by atoms with Crippen LogP contribution in [0.25, 0.3) is 0 Å². The van der Waals surface area contributed by atoms with E-state index >= 15 is 0 Å². The third-order valence-electron chi connectivity index (χ3n) is 4.49. The third kappa shape index (κ3) is 3.45. The van der Waals surface area contributed by atoms with Gasteiger partial charge in [-0.1, -0.05) is 0 Å². The minimum atomic E-state index is 0.0312. The van der Waals surface area contributed by atoms with Gasteiger partial charge in [-0.2, -0.15) is 0 Å². The lowest BCUT2D eigenvalue weighted by Gasteiger charge is -2.36. The second kappa shape index (κ2) is 6.02. The van der Waals surface area contributed by atoms with Gasteiger partial charge in [0.25, 0.3) is 0 Å². The Kier molecular flexibility index (Phi) is 4.62. The molecule has 0 spiro atoms. The Morgan fingerprint density at radius 1 is 1.28 bits per heavy atom. The van der Waals surface area contributed by atoms with Gasteiger partial charge in [0.05, 0.1) is 6.04 Å². The molecular weight excluding hydrogens is 226 g/mol. The predicted octanol–water partition coefficient (Wildman–Crippen LogP) is 1.12. The molecule has 4 heteroatoms. The summed E-state index contributed by atoms with van der Waals surface area (Å²) in [6.45, 7) is 5.48. The van der Waals surface area contributed by atoms with E-state index in [-0.39, 0.29) is 11.9 Å². The van der Waals surface area contributed by atoms with E-state index in [2.05, 4.69) is 36.4 Å². The number of likely N-dealkylation sites (tertiary alicyclic amines) is 1. The van der Waals surface area contributed by atoms with Gasteiger partial charge in [0, 0.05) is 24.7 Å². The van der Waals surface area contributed by atoms with Crippen molar-refractivity contribution >= 4 is 5.91 Å². The summed E-state index contributed by atoms with van der Waals surface area (Å²) in [4.78, 5) is 14.6. The Bertz CT molecular complexity index is 295. The molecular formula is C14H27N3O. The normalized spacial score (nSPS) is 38.4. The molecule has 0 aromatic heterocycles. The first-order chi connectivity index (χ1) is 8.56. The summed E-state index contributed by atoms with van der Waals surface area (Å²) in [5.41, 5.74) is 0. The Morgan fingerprint density at radius 2 is 2.06 bits per heavy atom. The van der Waals surface area contributed by atoms with Crippen molar-refractivity contribution in [1.82, 2.24) is 15.5 Å². The second-order valence-electron chi connectivity index (χ2n) is 6.11. The Morgan fingerprint density at radius 3 is 2.72 bits per heavy atom. The third-order valence-corrected chi connectivity index (χ3v) is 4.49. The number of piperidine rings is 2. The highest BCUT2D eigenvalue weighted by Crippen LogP contribution is 2.17. The fraction of sp³-hybridized carbons (Fsp3) is 0.929. The van der Waals surface area contributed by atoms with Crippen LogP contribution in [0.15, 0.2) is 0 Å². The van der Waals surface area contributed by atoms with Crippen LogP contribution in [-0.4, -0.2) is 48.6 Å². The van der Waals surface area contributed by atoms with Gasteiger partial charge in [-0.3, -0.25) is 4.79 Å². The number of hydrogen-bond acceptors (Lipinski definition) is 3. The van der Waals surface area contributed by atoms with E-state index in [1.807, 2.05) is 0 Å². The van der Waals surface area contributed by atoms with E-state index in [9.17, 15) is 4.79 Å². The molecule has 0 aromatic carbocycles. The van der Waals surface area contributed by atoms with Gasteiger partial charge in [-0.25, -0.2) is 0 Å². The Balaban J connectivity index is 1.80. The number of nitrogens with zero attached hydrogens (tertiary/aromatic N) is 1. The smallest absolute Gasteiger partial charge is 0.237 e. The van der Waals surface area contributed by atoms with E-state index < -0.39 is 0 Å². The van der Waals surface area contributed by atoms with Crippen molar-refractivity contribution in [3.8, 4) is 0 Å². The predicted molar refractivity (Wildman–Crippen MR) is 73.5 cm³/mol. The molecule has 0 aromatic rings. The molecule has 0 radical (unpaired) electrons. The van der Waals surface area contributed by atoms with E-state index in [1.165, 1.54) is 6.42 Å². The zero-order chi connectivity index (χ0) is 13.1. The van der Waals surface area contributed by atoms with Crippen LogP contribution in [-0.2, 0) is 4.79 Å². The van der Waals surface area contributed by atoms with Crippen LogP contribution in [0, 0.1) is 0 Å². The maximum Gasteiger partial charge on any atom is 0.237 e. The zero-order valence-corrected chi connectivity index (χ0v) is 11.9. The van der Waals surface area contributed by atoms with Gasteiger partial charge in [0.15, 0.2) is 0 Å². The number of carbonyl (C=O) groups excluding carboxylic acids is 1. The molecule has 4 unspecified atom stereocenters. The number of rotatable bonds is 2. The van der Waals surface area contributed by atoms with Crippen molar-refractivity contribution < 1.29 is 4.79 Å². The van der Waals surface area contributed by atoms with Crippen LogP contribution in [0.4, 0.5) is 0 Å². The average molecular weight is 253 g/mol. The van der Waals surface area contributed by atoms with Gasteiger partial charge in [0.2, 0.25) is 5.91 Å². The fourth-order valence-electron chi connectivity index (χ4n) is 3.07. The quantitative estimate of drug-likeness (QED) is 0.775. The number of hydrogen-bond donors (Lipinski definition) is 2. The maximum absolute atomic E-state index is 12.2. The molecule has 4 nitrogen and oxygen atoms in total. The number of carbonyl (C=O) groups is 1. The lowest BCUT2D eigenvalue weighted by atomic mass is 9.96. The topological polar surface area (TPSA) is 44.4 Å². The van der Waals surface area contributed by atoms with Crippen LogP contribution in [0.5, 0.6) is 0 Å². The molecule has 0 aliphatic carbocycles. The lowest BCUT2D eigenvalue weighted by molar-refractivity contribution is -0.125. The summed E-state index contributed by atoms with van der Waals surface area (Å²) in [6, 6.07) is 1.44. The van der Waals surface area contributed by atoms with Gasteiger partial charge >= 0.3 is 0 Å². The highest BCUT2D eigenvalue weighted by Gasteiger charge is 2.28. The minimum absolute atomic E-state index is 0.0312. The second-order valence-corrected chi connectivity index (χ2v) is 6.11. The number of amides is 1. The summed E-state index contributed by atoms with van der Waals surface area (Å²) in [5, 5.41) is 6.64. The van der Waals surface area contributed by atoms with Gasteiger partial charge in [-0.15, -0.1) is 0 Å². The fourth-order valence-corrected chi connectivity index (χ4v) is 3.07. The summed E-state index contributed by atoms with van der Waals surface area (Å²) in [5.74, 6) is 0.211. The van der Waals surface area contributed by atoms with Crippen LogP contribution < -0.4 is 10.6 Å². The van der Waals surface area contributed by atoms with Crippen molar-refractivity contribution in [3.05, 3.63) is 0 Å². The molecule has 18 heavy (non-hydrogen) atoms. The van der Waals surface area contributed by atoms with Gasteiger partial charge < -0.3 is 15.5 Å². The first kappa shape index (κ1) is 13.8. The van der Waals surface area contributed by atoms with E-state index in [0.29, 0.717) is 18.1 Å². The van der Waals surface area contributed by atoms with Crippen molar-refractivity contribution in [3.63, 3.8) is 0 Å². The minimum Gasteiger partial charge on any atom is -0.352 e. The monoisotopic (exact) mass is 253 g/mol. The average Bonchev–Trinajstić information content (AvgIpc) is 2.34. The molecule has 2 saturated heterocycles. The summed E-state index contributed by atoms with van der Waals surface area (Å²) in [6.07, 6.45) is 5.49. The molecule has 0 saturated carbocycles. The first-order valence-corrected chi connectivity index (χ1v) is 7.33. The van der Waals surface area contributed by atoms with Crippen LogP contribution in [0.1, 0.15) is 46.0 Å². The van der Waals surface area contributed by atoms with Gasteiger partial charge in [0.1, 0.15) is 0 Å². The van der Waals surface area contributed by atoms with E-state index in [0.717, 1.165) is 32.2 Å². The molecule has 1 amide bonds. The molecule has 2 N–H and O–H groups in total. The number of nitrogens with one attached hydrogen (secondary N) is 2. The summed E-state index contributed by atoms with van der Waals surface area (Å²) >= 11 is 0. The Hall–Kier alpha value is -0.610. The largest absolute Gasteiger partial charge is 0.352 e. The highest BCUT2D eigenvalue weighted by atomic mass is 16.2. The van der Waals surface area contributed by atoms with E-state index in [1.54, 1.807) is 0 Å². The van der Waals surface area contributed by atoms with Crippen molar-refractivity contribution in [1.29, 1.82) is 0 Å². The van der Waals surface area contributed by atoms with Crippen molar-refractivity contribution in [2.75, 3.05) is 13.6 Å². The molecule has 0 bridgehead atoms. The maximum atomic E-state index is 12.2. The van der Waals surface area contributed by atoms with Gasteiger partial charge in [-0.05, 0) is 53.0 Å². The Labute approximate surface area is 110 Å². The molecule has 2 aliphatic rings. The molecule has 2 heterocycles. The van der Waals surface area contributed by atoms with Crippen LogP contribution in [0.3, 0.4) is 0 Å². The lowest BCUT2D eigenvalue weighted by Crippen LogP contribution is -2.54. The first-order valence-electron chi connectivity index (χ1n) is 7.33. The van der Waals surface area contributed by atoms with E-state index in [4.69, 9.17) is 0 Å². The van der Waals surface area contributed by atoms with Crippen molar-refractivity contribution in [2.45, 2.75) is 70.1 Å². The zero-order valence-electron chi connectivity index (χ0n) is 11.9. The van der Waals surface area contributed by atoms with Crippen LogP contribution >= 0.6 is 0 Å².